The molecular weight excluding hydrogens is 338 g/mol. The number of benzene rings is 2. The van der Waals surface area contributed by atoms with Crippen LogP contribution in [0.15, 0.2) is 54.6 Å². The maximum atomic E-state index is 12.4. The van der Waals surface area contributed by atoms with Gasteiger partial charge in [0.05, 0.1) is 11.2 Å². The Bertz CT molecular complexity index is 806. The minimum Gasteiger partial charge on any atom is -0.423 e. The summed E-state index contributed by atoms with van der Waals surface area (Å²) >= 11 is 0. The van der Waals surface area contributed by atoms with Crippen LogP contribution in [-0.2, 0) is 5.60 Å². The average molecular weight is 365 g/mol. The Balaban J connectivity index is 1.60. The number of rotatable bonds is 5. The minimum atomic E-state index is -0.873. The zero-order valence-electron chi connectivity index (χ0n) is 15.7. The lowest BCUT2D eigenvalue weighted by atomic mass is 9.66. The zero-order valence-corrected chi connectivity index (χ0v) is 15.7. The Morgan fingerprint density at radius 1 is 1.19 bits per heavy atom. The highest BCUT2D eigenvalue weighted by Gasteiger charge is 2.51. The predicted molar refractivity (Wildman–Crippen MR) is 105 cm³/mol. The number of aliphatic hydroxyl groups is 1. The summed E-state index contributed by atoms with van der Waals surface area (Å²) in [6.45, 7) is 0.794. The minimum absolute atomic E-state index is 0.182. The first kappa shape index (κ1) is 18.2. The summed E-state index contributed by atoms with van der Waals surface area (Å²) in [5, 5.41) is 15.0. The smallest absolute Gasteiger partial charge is 0.343 e. The second-order valence-corrected chi connectivity index (χ2v) is 8.02. The summed E-state index contributed by atoms with van der Waals surface area (Å²) in [5.74, 6) is 1.42. The van der Waals surface area contributed by atoms with Gasteiger partial charge in [0.2, 0.25) is 0 Å². The zero-order chi connectivity index (χ0) is 18.9. The highest BCUT2D eigenvalue weighted by Crippen LogP contribution is 2.54. The standard InChI is InChI=1S/C23H27NO3/c1-24-15-21-18-11-10-16(12-18)14-23(21,26)19-8-5-9-20(13-19)27-22(25)17-6-3-2-4-7-17/h2-9,13,16,18,21,24,26H,10-12,14-15H2,1H3. The number of fused-ring (bicyclic) bond motifs is 2. The van der Waals surface area contributed by atoms with Crippen LogP contribution < -0.4 is 10.1 Å². The molecule has 4 unspecified atom stereocenters. The van der Waals surface area contributed by atoms with Gasteiger partial charge in [0.25, 0.3) is 0 Å². The van der Waals surface area contributed by atoms with E-state index in [1.807, 2.05) is 43.4 Å². The highest BCUT2D eigenvalue weighted by atomic mass is 16.5. The number of carbonyl (C=O) groups is 1. The first-order valence-electron chi connectivity index (χ1n) is 9.85. The maximum absolute atomic E-state index is 12.4. The Kier molecular flexibility index (Phi) is 5.02. The SMILES string of the molecule is CNCC1C2CCC(C2)CC1(O)c1cccc(OC(=O)c2ccccc2)c1. The molecule has 2 fully saturated rings. The van der Waals surface area contributed by atoms with E-state index in [2.05, 4.69) is 5.32 Å². The molecule has 2 bridgehead atoms. The number of nitrogens with one attached hydrogen (secondary N) is 1. The van der Waals surface area contributed by atoms with E-state index in [4.69, 9.17) is 4.74 Å². The van der Waals surface area contributed by atoms with Crippen molar-refractivity contribution >= 4 is 5.97 Å². The van der Waals surface area contributed by atoms with E-state index in [9.17, 15) is 9.90 Å². The van der Waals surface area contributed by atoms with Crippen LogP contribution in [0.2, 0.25) is 0 Å². The summed E-state index contributed by atoms with van der Waals surface area (Å²) in [4.78, 5) is 12.4. The summed E-state index contributed by atoms with van der Waals surface area (Å²) in [5.41, 5.74) is 0.505. The lowest BCUT2D eigenvalue weighted by Gasteiger charge is -2.44. The molecule has 0 radical (unpaired) electrons. The van der Waals surface area contributed by atoms with Crippen LogP contribution in [-0.4, -0.2) is 24.7 Å². The van der Waals surface area contributed by atoms with Gasteiger partial charge in [-0.2, -0.15) is 0 Å². The lowest BCUT2D eigenvalue weighted by molar-refractivity contribution is -0.0806. The number of esters is 1. The summed E-state index contributed by atoms with van der Waals surface area (Å²) in [6.07, 6.45) is 4.40. The molecule has 2 aromatic carbocycles. The fourth-order valence-corrected chi connectivity index (χ4v) is 5.10. The van der Waals surface area contributed by atoms with Crippen molar-refractivity contribution in [3.05, 3.63) is 65.7 Å². The van der Waals surface area contributed by atoms with E-state index in [0.29, 0.717) is 23.1 Å². The monoisotopic (exact) mass is 365 g/mol. The average Bonchev–Trinajstić information content (AvgIpc) is 3.09. The van der Waals surface area contributed by atoms with E-state index in [1.54, 1.807) is 18.2 Å². The van der Waals surface area contributed by atoms with Crippen LogP contribution in [0.3, 0.4) is 0 Å². The Morgan fingerprint density at radius 3 is 2.78 bits per heavy atom. The van der Waals surface area contributed by atoms with Crippen molar-refractivity contribution in [3.8, 4) is 5.75 Å². The second kappa shape index (κ2) is 7.45. The van der Waals surface area contributed by atoms with Crippen molar-refractivity contribution in [3.63, 3.8) is 0 Å². The third-order valence-corrected chi connectivity index (χ3v) is 6.34. The molecule has 27 heavy (non-hydrogen) atoms. The predicted octanol–water partition coefficient (Wildman–Crippen LogP) is 3.75. The summed E-state index contributed by atoms with van der Waals surface area (Å²) in [6, 6.07) is 16.4. The van der Waals surface area contributed by atoms with Crippen LogP contribution in [0.5, 0.6) is 5.75 Å². The highest BCUT2D eigenvalue weighted by molar-refractivity contribution is 5.90. The molecular formula is C23H27NO3. The van der Waals surface area contributed by atoms with Crippen molar-refractivity contribution in [2.75, 3.05) is 13.6 Å². The summed E-state index contributed by atoms with van der Waals surface area (Å²) in [7, 11) is 1.94. The fraction of sp³-hybridized carbons (Fsp3) is 0.435. The number of hydrogen-bond donors (Lipinski definition) is 2. The van der Waals surface area contributed by atoms with Crippen LogP contribution >= 0.6 is 0 Å². The molecule has 0 aromatic heterocycles. The van der Waals surface area contributed by atoms with E-state index >= 15 is 0 Å². The quantitative estimate of drug-likeness (QED) is 0.626. The van der Waals surface area contributed by atoms with Gasteiger partial charge in [-0.15, -0.1) is 0 Å². The molecule has 0 heterocycles. The molecule has 0 spiro atoms. The third kappa shape index (κ3) is 3.52. The molecule has 4 rings (SSSR count). The maximum Gasteiger partial charge on any atom is 0.343 e. The van der Waals surface area contributed by atoms with Crippen LogP contribution in [0.1, 0.15) is 41.6 Å². The van der Waals surface area contributed by atoms with Crippen molar-refractivity contribution in [2.45, 2.75) is 31.3 Å². The van der Waals surface area contributed by atoms with Gasteiger partial charge >= 0.3 is 5.97 Å². The molecule has 0 saturated heterocycles. The first-order valence-corrected chi connectivity index (χ1v) is 9.85. The van der Waals surface area contributed by atoms with Gasteiger partial charge in [0.15, 0.2) is 0 Å². The normalized spacial score (nSPS) is 29.5. The Labute approximate surface area is 160 Å². The van der Waals surface area contributed by atoms with Crippen molar-refractivity contribution in [1.29, 1.82) is 0 Å². The molecule has 2 aromatic rings. The van der Waals surface area contributed by atoms with E-state index in [0.717, 1.165) is 18.5 Å². The van der Waals surface area contributed by atoms with Crippen molar-refractivity contribution < 1.29 is 14.6 Å². The van der Waals surface area contributed by atoms with Gasteiger partial charge in [-0.3, -0.25) is 0 Å². The largest absolute Gasteiger partial charge is 0.423 e. The van der Waals surface area contributed by atoms with Crippen molar-refractivity contribution in [1.82, 2.24) is 5.32 Å². The van der Waals surface area contributed by atoms with Gasteiger partial charge in [0.1, 0.15) is 5.75 Å². The molecule has 0 amide bonds. The number of carbonyl (C=O) groups excluding carboxylic acids is 1. The van der Waals surface area contributed by atoms with Gasteiger partial charge in [-0.05, 0) is 68.0 Å². The van der Waals surface area contributed by atoms with Crippen molar-refractivity contribution in [2.24, 2.45) is 17.8 Å². The molecule has 2 N–H and O–H groups in total. The van der Waals surface area contributed by atoms with Gasteiger partial charge in [-0.25, -0.2) is 4.79 Å². The van der Waals surface area contributed by atoms with Gasteiger partial charge in [0, 0.05) is 12.5 Å². The third-order valence-electron chi connectivity index (χ3n) is 6.34. The lowest BCUT2D eigenvalue weighted by Crippen LogP contribution is -2.47. The number of ether oxygens (including phenoxy) is 1. The molecule has 142 valence electrons. The molecule has 2 saturated carbocycles. The topological polar surface area (TPSA) is 58.6 Å². The second-order valence-electron chi connectivity index (χ2n) is 8.02. The van der Waals surface area contributed by atoms with E-state index in [1.165, 1.54) is 19.3 Å². The Morgan fingerprint density at radius 2 is 2.00 bits per heavy atom. The van der Waals surface area contributed by atoms with E-state index in [-0.39, 0.29) is 11.9 Å². The molecule has 4 heteroatoms. The van der Waals surface area contributed by atoms with E-state index < -0.39 is 5.60 Å². The Hall–Kier alpha value is -2.17. The van der Waals surface area contributed by atoms with Crippen LogP contribution in [0, 0.1) is 17.8 Å². The molecule has 2 aliphatic carbocycles. The first-order chi connectivity index (χ1) is 13.1. The number of hydrogen-bond acceptors (Lipinski definition) is 4. The van der Waals surface area contributed by atoms with Crippen LogP contribution in [0.25, 0.3) is 0 Å². The molecule has 0 aliphatic heterocycles. The molecule has 4 nitrogen and oxygen atoms in total. The van der Waals surface area contributed by atoms with Gasteiger partial charge in [-0.1, -0.05) is 36.8 Å². The van der Waals surface area contributed by atoms with Crippen LogP contribution in [0.4, 0.5) is 0 Å². The fourth-order valence-electron chi connectivity index (χ4n) is 5.10. The summed E-state index contributed by atoms with van der Waals surface area (Å²) < 4.78 is 5.58. The van der Waals surface area contributed by atoms with Gasteiger partial charge < -0.3 is 15.2 Å². The molecule has 4 atom stereocenters. The molecule has 2 aliphatic rings.